The first-order valence-corrected chi connectivity index (χ1v) is 5.64. The summed E-state index contributed by atoms with van der Waals surface area (Å²) in [6, 6.07) is 0. The summed E-state index contributed by atoms with van der Waals surface area (Å²) in [6.07, 6.45) is 3.55. The molecule has 0 amide bonds. The van der Waals surface area contributed by atoms with Gasteiger partial charge in [-0.1, -0.05) is 0 Å². The third-order valence-corrected chi connectivity index (χ3v) is 3.27. The van der Waals surface area contributed by atoms with Gasteiger partial charge in [0.2, 0.25) is 0 Å². The van der Waals surface area contributed by atoms with Crippen LogP contribution in [-0.4, -0.2) is 14.4 Å². The van der Waals surface area contributed by atoms with Crippen molar-refractivity contribution >= 4 is 22.2 Å². The van der Waals surface area contributed by atoms with Crippen LogP contribution in [0.3, 0.4) is 0 Å². The highest BCUT2D eigenvalue weighted by Crippen LogP contribution is 2.33. The molecule has 16 heavy (non-hydrogen) atoms. The van der Waals surface area contributed by atoms with Crippen LogP contribution in [0, 0.1) is 13.8 Å². The van der Waals surface area contributed by atoms with Crippen molar-refractivity contribution in [2.45, 2.75) is 13.8 Å². The monoisotopic (exact) mass is 234 g/mol. The zero-order valence-electron chi connectivity index (χ0n) is 8.89. The van der Waals surface area contributed by atoms with E-state index in [2.05, 4.69) is 9.97 Å². The molecule has 0 aliphatic heterocycles. The van der Waals surface area contributed by atoms with Gasteiger partial charge in [-0.3, -0.25) is 4.40 Å². The molecule has 0 unspecified atom stereocenters. The van der Waals surface area contributed by atoms with Gasteiger partial charge in [0.1, 0.15) is 10.7 Å². The van der Waals surface area contributed by atoms with Crippen LogP contribution in [-0.2, 0) is 0 Å². The molecule has 3 aromatic rings. The Morgan fingerprint density at radius 2 is 2.25 bits per heavy atom. The molecule has 6 heteroatoms. The Kier molecular flexibility index (Phi) is 1.81. The Hall–Kier alpha value is -1.82. The van der Waals surface area contributed by atoms with Crippen molar-refractivity contribution in [2.75, 3.05) is 5.73 Å². The maximum Gasteiger partial charge on any atom is 0.306 e. The summed E-state index contributed by atoms with van der Waals surface area (Å²) in [7, 11) is 0. The van der Waals surface area contributed by atoms with Gasteiger partial charge < -0.3 is 10.2 Å². The third kappa shape index (κ3) is 1.16. The van der Waals surface area contributed by atoms with Crippen molar-refractivity contribution in [3.63, 3.8) is 0 Å². The lowest BCUT2D eigenvalue weighted by Gasteiger charge is -1.94. The van der Waals surface area contributed by atoms with E-state index < -0.39 is 0 Å². The first-order chi connectivity index (χ1) is 7.66. The predicted molar refractivity (Wildman–Crippen MR) is 62.5 cm³/mol. The summed E-state index contributed by atoms with van der Waals surface area (Å²) in [5.74, 6) is 1.27. The molecule has 3 aromatic heterocycles. The van der Waals surface area contributed by atoms with E-state index in [0.717, 1.165) is 10.7 Å². The number of nitrogens with two attached hydrogens (primary N) is 1. The van der Waals surface area contributed by atoms with Gasteiger partial charge in [0, 0.05) is 12.4 Å². The lowest BCUT2D eigenvalue weighted by molar-refractivity contribution is 0.607. The summed E-state index contributed by atoms with van der Waals surface area (Å²) in [5.41, 5.74) is 7.58. The van der Waals surface area contributed by atoms with Gasteiger partial charge in [0.25, 0.3) is 0 Å². The van der Waals surface area contributed by atoms with E-state index in [4.69, 9.17) is 10.2 Å². The normalized spacial score (nSPS) is 11.4. The number of hydrogen-bond acceptors (Lipinski definition) is 5. The molecule has 3 rings (SSSR count). The molecule has 0 fully saturated rings. The lowest BCUT2D eigenvalue weighted by atomic mass is 10.3. The van der Waals surface area contributed by atoms with Gasteiger partial charge in [-0.05, 0) is 13.8 Å². The van der Waals surface area contributed by atoms with E-state index in [1.54, 1.807) is 6.20 Å². The van der Waals surface area contributed by atoms with E-state index >= 15 is 0 Å². The quantitative estimate of drug-likeness (QED) is 0.701. The van der Waals surface area contributed by atoms with Gasteiger partial charge in [0.05, 0.1) is 10.7 Å². The summed E-state index contributed by atoms with van der Waals surface area (Å²) in [5, 5.41) is 1.61. The van der Waals surface area contributed by atoms with Crippen LogP contribution in [0.1, 0.15) is 10.7 Å². The number of fused-ring (bicyclic) bond motifs is 1. The second-order valence-corrected chi connectivity index (χ2v) is 4.78. The molecule has 0 saturated carbocycles. The Morgan fingerprint density at radius 3 is 2.88 bits per heavy atom. The van der Waals surface area contributed by atoms with Crippen molar-refractivity contribution in [1.29, 1.82) is 0 Å². The molecular weight excluding hydrogens is 224 g/mol. The fourth-order valence-corrected chi connectivity index (χ4v) is 2.41. The first kappa shape index (κ1) is 9.41. The summed E-state index contributed by atoms with van der Waals surface area (Å²) >= 11 is 1.46. The van der Waals surface area contributed by atoms with Crippen LogP contribution in [0.25, 0.3) is 17.3 Å². The Bertz CT molecular complexity index is 664. The Morgan fingerprint density at radius 1 is 1.44 bits per heavy atom. The number of imidazole rings is 1. The second kappa shape index (κ2) is 3.08. The van der Waals surface area contributed by atoms with Crippen LogP contribution in [0.5, 0.6) is 0 Å². The van der Waals surface area contributed by atoms with E-state index in [1.807, 2.05) is 24.4 Å². The van der Waals surface area contributed by atoms with E-state index in [1.165, 1.54) is 11.3 Å². The average Bonchev–Trinajstić information content (AvgIpc) is 2.85. The predicted octanol–water partition coefficient (Wildman–Crippen LogP) is 2.25. The summed E-state index contributed by atoms with van der Waals surface area (Å²) in [6.45, 7) is 3.88. The van der Waals surface area contributed by atoms with Crippen molar-refractivity contribution in [1.82, 2.24) is 14.4 Å². The molecule has 0 spiro atoms. The van der Waals surface area contributed by atoms with E-state index in [-0.39, 0.29) is 0 Å². The number of aromatic nitrogens is 3. The topological polar surface area (TPSA) is 69.3 Å². The molecule has 0 bridgehead atoms. The van der Waals surface area contributed by atoms with Crippen LogP contribution < -0.4 is 5.73 Å². The smallest absolute Gasteiger partial charge is 0.306 e. The first-order valence-electron chi connectivity index (χ1n) is 4.82. The zero-order chi connectivity index (χ0) is 11.3. The molecule has 0 radical (unpaired) electrons. The molecule has 0 saturated heterocycles. The second-order valence-electron chi connectivity index (χ2n) is 3.54. The number of rotatable bonds is 1. The summed E-state index contributed by atoms with van der Waals surface area (Å²) < 4.78 is 7.51. The van der Waals surface area contributed by atoms with Gasteiger partial charge in [-0.25, -0.2) is 9.97 Å². The van der Waals surface area contributed by atoms with Crippen molar-refractivity contribution in [2.24, 2.45) is 0 Å². The van der Waals surface area contributed by atoms with Crippen LogP contribution in [0.4, 0.5) is 5.00 Å². The maximum atomic E-state index is 5.90. The number of oxazole rings is 1. The SMILES string of the molecule is Cc1nc(-c2oc3nccn3c2C)c(N)s1. The van der Waals surface area contributed by atoms with E-state index in [0.29, 0.717) is 22.3 Å². The van der Waals surface area contributed by atoms with Crippen molar-refractivity contribution in [3.05, 3.63) is 23.1 Å². The third-order valence-electron chi connectivity index (χ3n) is 2.47. The molecule has 2 N–H and O–H groups in total. The van der Waals surface area contributed by atoms with Crippen molar-refractivity contribution < 1.29 is 4.42 Å². The average molecular weight is 234 g/mol. The van der Waals surface area contributed by atoms with Crippen LogP contribution in [0.15, 0.2) is 16.8 Å². The fourth-order valence-electron chi connectivity index (χ4n) is 1.72. The molecular formula is C10H10N4OS. The molecule has 0 atom stereocenters. The highest BCUT2D eigenvalue weighted by molar-refractivity contribution is 7.16. The van der Waals surface area contributed by atoms with Gasteiger partial charge >= 0.3 is 5.84 Å². The maximum absolute atomic E-state index is 5.90. The Balaban J connectivity index is 2.29. The number of thiazole rings is 1. The van der Waals surface area contributed by atoms with Crippen LogP contribution in [0.2, 0.25) is 0 Å². The largest absolute Gasteiger partial charge is 0.421 e. The Labute approximate surface area is 95.6 Å². The minimum absolute atomic E-state index is 0.567. The van der Waals surface area contributed by atoms with E-state index in [9.17, 15) is 0 Å². The van der Waals surface area contributed by atoms with Gasteiger partial charge in [-0.15, -0.1) is 11.3 Å². The minimum Gasteiger partial charge on any atom is -0.421 e. The molecule has 3 heterocycles. The molecule has 0 aliphatic rings. The molecule has 0 aliphatic carbocycles. The number of nitrogens with zero attached hydrogens (tertiary/aromatic N) is 3. The highest BCUT2D eigenvalue weighted by Gasteiger charge is 2.18. The van der Waals surface area contributed by atoms with Crippen molar-refractivity contribution in [3.8, 4) is 11.5 Å². The minimum atomic E-state index is 0.567. The summed E-state index contributed by atoms with van der Waals surface area (Å²) in [4.78, 5) is 8.47. The molecule has 5 nitrogen and oxygen atoms in total. The van der Waals surface area contributed by atoms with Crippen LogP contribution >= 0.6 is 11.3 Å². The fraction of sp³-hybridized carbons (Fsp3) is 0.200. The number of anilines is 1. The van der Waals surface area contributed by atoms with Gasteiger partial charge in [0.15, 0.2) is 5.76 Å². The standard InChI is InChI=1S/C10H10N4OS/c1-5-8(7-9(11)16-6(2)13-7)15-10-12-3-4-14(5)10/h3-4H,11H2,1-2H3. The molecule has 0 aromatic carbocycles. The van der Waals surface area contributed by atoms with Gasteiger partial charge in [-0.2, -0.15) is 0 Å². The number of aryl methyl sites for hydroxylation is 2. The molecule has 82 valence electrons. The number of hydrogen-bond donors (Lipinski definition) is 1. The number of nitrogen functional groups attached to an aromatic ring is 1. The highest BCUT2D eigenvalue weighted by atomic mass is 32.1. The zero-order valence-corrected chi connectivity index (χ0v) is 9.71. The lowest BCUT2D eigenvalue weighted by Crippen LogP contribution is -1.88.